The average Bonchev–Trinajstić information content (AvgIpc) is 2.82. The van der Waals surface area contributed by atoms with Crippen LogP contribution in [-0.2, 0) is 14.3 Å². The predicted octanol–water partition coefficient (Wildman–Crippen LogP) is 5.42. The van der Waals surface area contributed by atoms with Gasteiger partial charge in [-0.1, -0.05) is 36.8 Å². The maximum atomic E-state index is 12.4. The molecular formula is C27H28O4. The third-order valence-corrected chi connectivity index (χ3v) is 5.65. The van der Waals surface area contributed by atoms with Crippen molar-refractivity contribution in [3.63, 3.8) is 0 Å². The van der Waals surface area contributed by atoms with E-state index < -0.39 is 0 Å². The van der Waals surface area contributed by atoms with Crippen molar-refractivity contribution in [1.29, 1.82) is 0 Å². The highest BCUT2D eigenvalue weighted by Gasteiger charge is 2.23. The predicted molar refractivity (Wildman–Crippen MR) is 121 cm³/mol. The molecule has 0 N–H and O–H groups in total. The molecule has 4 heteroatoms. The molecule has 0 radical (unpaired) electrons. The summed E-state index contributed by atoms with van der Waals surface area (Å²) in [7, 11) is 0. The summed E-state index contributed by atoms with van der Waals surface area (Å²) < 4.78 is 10.7. The third-order valence-electron chi connectivity index (χ3n) is 5.65. The number of rotatable bonds is 7. The zero-order valence-electron chi connectivity index (χ0n) is 17.9. The molecule has 2 aromatic rings. The molecule has 1 aliphatic rings. The molecule has 0 heterocycles. The summed E-state index contributed by atoms with van der Waals surface area (Å²) in [4.78, 5) is 23.6. The topological polar surface area (TPSA) is 52.6 Å². The van der Waals surface area contributed by atoms with Crippen molar-refractivity contribution in [2.24, 2.45) is 11.8 Å². The normalized spacial score (nSPS) is 17.7. The smallest absolute Gasteiger partial charge is 0.338 e. The first kappa shape index (κ1) is 22.4. The van der Waals surface area contributed by atoms with Gasteiger partial charge in [-0.2, -0.15) is 0 Å². The van der Waals surface area contributed by atoms with Crippen molar-refractivity contribution < 1.29 is 19.1 Å². The fraction of sp³-hybridized carbons (Fsp3) is 0.333. The van der Waals surface area contributed by atoms with Gasteiger partial charge in [-0.15, -0.1) is 5.92 Å². The molecule has 2 aromatic carbocycles. The highest BCUT2D eigenvalue weighted by Crippen LogP contribution is 2.29. The maximum Gasteiger partial charge on any atom is 0.338 e. The lowest BCUT2D eigenvalue weighted by molar-refractivity contribution is -0.139. The Hall–Kier alpha value is -3.32. The van der Waals surface area contributed by atoms with Gasteiger partial charge in [0.05, 0.1) is 18.8 Å². The number of hydrogen-bond donors (Lipinski definition) is 0. The second kappa shape index (κ2) is 11.2. The summed E-state index contributed by atoms with van der Waals surface area (Å²) in [5, 5.41) is 0. The van der Waals surface area contributed by atoms with Crippen LogP contribution in [0.15, 0.2) is 61.2 Å². The van der Waals surface area contributed by atoms with Gasteiger partial charge in [0.1, 0.15) is 0 Å². The lowest BCUT2D eigenvalue weighted by atomic mass is 9.83. The van der Waals surface area contributed by atoms with E-state index in [1.165, 1.54) is 6.08 Å². The molecule has 0 amide bonds. The van der Waals surface area contributed by atoms with E-state index >= 15 is 0 Å². The molecule has 0 saturated heterocycles. The first-order valence-corrected chi connectivity index (χ1v) is 10.7. The van der Waals surface area contributed by atoms with Gasteiger partial charge in [0, 0.05) is 11.6 Å². The van der Waals surface area contributed by atoms with Crippen LogP contribution in [0.25, 0.3) is 11.1 Å². The van der Waals surface area contributed by atoms with E-state index in [1.807, 2.05) is 55.5 Å². The van der Waals surface area contributed by atoms with Crippen LogP contribution in [-0.4, -0.2) is 25.2 Å². The van der Waals surface area contributed by atoms with E-state index in [0.29, 0.717) is 30.6 Å². The van der Waals surface area contributed by atoms with Gasteiger partial charge < -0.3 is 9.47 Å². The van der Waals surface area contributed by atoms with Crippen LogP contribution in [0.2, 0.25) is 0 Å². The zero-order chi connectivity index (χ0) is 22.1. The first-order chi connectivity index (χ1) is 15.1. The Bertz CT molecular complexity index is 953. The van der Waals surface area contributed by atoms with Crippen LogP contribution in [0, 0.1) is 23.7 Å². The number of ether oxygens (including phenoxy) is 2. The minimum Gasteiger partial charge on any atom is -0.462 e. The minimum absolute atomic E-state index is 0.290. The lowest BCUT2D eigenvalue weighted by Crippen LogP contribution is -2.23. The minimum atomic E-state index is -0.370. The number of hydrogen-bond acceptors (Lipinski definition) is 4. The monoisotopic (exact) mass is 416 g/mol. The Morgan fingerprint density at radius 2 is 1.42 bits per heavy atom. The molecular weight excluding hydrogens is 388 g/mol. The number of carbonyl (C=O) groups is 2. The highest BCUT2D eigenvalue weighted by molar-refractivity contribution is 5.90. The van der Waals surface area contributed by atoms with Gasteiger partial charge in [0.25, 0.3) is 0 Å². The van der Waals surface area contributed by atoms with E-state index in [0.717, 1.165) is 42.4 Å². The molecule has 3 rings (SSSR count). The van der Waals surface area contributed by atoms with E-state index in [9.17, 15) is 9.59 Å². The van der Waals surface area contributed by atoms with Gasteiger partial charge in [0.15, 0.2) is 0 Å². The Morgan fingerprint density at radius 1 is 0.903 bits per heavy atom. The van der Waals surface area contributed by atoms with Crippen molar-refractivity contribution >= 4 is 11.9 Å². The largest absolute Gasteiger partial charge is 0.462 e. The molecule has 1 fully saturated rings. The van der Waals surface area contributed by atoms with E-state index in [4.69, 9.17) is 9.47 Å². The average molecular weight is 417 g/mol. The van der Waals surface area contributed by atoms with Crippen molar-refractivity contribution in [2.75, 3.05) is 13.2 Å². The standard InChI is InChI=1S/C27H28O4/c1-3-5-20-10-12-23(13-11-20)24-14-16-25(17-15-24)27(29)31-19-22-8-6-21(7-9-22)18-30-26(28)4-2/h4,10-17,21-22H,2,6-9,18-19H2,1H3. The van der Waals surface area contributed by atoms with Gasteiger partial charge in [-0.05, 0) is 79.8 Å². The van der Waals surface area contributed by atoms with Crippen molar-refractivity contribution in [2.45, 2.75) is 32.6 Å². The van der Waals surface area contributed by atoms with Crippen molar-refractivity contribution in [3.05, 3.63) is 72.3 Å². The molecule has 160 valence electrons. The van der Waals surface area contributed by atoms with E-state index in [2.05, 4.69) is 18.4 Å². The summed E-state index contributed by atoms with van der Waals surface area (Å²) in [5.74, 6) is 6.00. The zero-order valence-corrected chi connectivity index (χ0v) is 17.9. The van der Waals surface area contributed by atoms with Crippen molar-refractivity contribution in [3.8, 4) is 23.0 Å². The Kier molecular flexibility index (Phi) is 8.06. The SMILES string of the molecule is C=CC(=O)OCC1CCC(COC(=O)c2ccc(-c3ccc(C#CC)cc3)cc2)CC1. The van der Waals surface area contributed by atoms with E-state index in [1.54, 1.807) is 0 Å². The molecule has 31 heavy (non-hydrogen) atoms. The van der Waals surface area contributed by atoms with Crippen LogP contribution < -0.4 is 0 Å². The summed E-state index contributed by atoms with van der Waals surface area (Å²) >= 11 is 0. The molecule has 0 atom stereocenters. The van der Waals surface area contributed by atoms with Crippen LogP contribution in [0.3, 0.4) is 0 Å². The number of carbonyl (C=O) groups excluding carboxylic acids is 2. The molecule has 0 spiro atoms. The van der Waals surface area contributed by atoms with Crippen LogP contribution in [0.4, 0.5) is 0 Å². The van der Waals surface area contributed by atoms with E-state index in [-0.39, 0.29) is 11.9 Å². The Morgan fingerprint density at radius 3 is 1.94 bits per heavy atom. The quantitative estimate of drug-likeness (QED) is 0.344. The van der Waals surface area contributed by atoms with Crippen LogP contribution in [0.5, 0.6) is 0 Å². The third kappa shape index (κ3) is 6.58. The summed E-state index contributed by atoms with van der Waals surface area (Å²) in [6.07, 6.45) is 5.09. The van der Waals surface area contributed by atoms with Crippen LogP contribution in [0.1, 0.15) is 48.5 Å². The molecule has 0 aromatic heterocycles. The second-order valence-electron chi connectivity index (χ2n) is 7.85. The Balaban J connectivity index is 1.45. The molecule has 0 aliphatic heterocycles. The summed E-state index contributed by atoms with van der Waals surface area (Å²) in [5.41, 5.74) is 3.67. The molecule has 0 unspecified atom stereocenters. The van der Waals surface area contributed by atoms with Crippen molar-refractivity contribution in [1.82, 2.24) is 0 Å². The Labute approximate surface area is 184 Å². The number of esters is 2. The summed E-state index contributed by atoms with van der Waals surface area (Å²) in [6.45, 7) is 6.10. The van der Waals surface area contributed by atoms with Gasteiger partial charge in [0.2, 0.25) is 0 Å². The fourth-order valence-corrected chi connectivity index (χ4v) is 3.79. The lowest BCUT2D eigenvalue weighted by Gasteiger charge is -2.27. The molecule has 1 aliphatic carbocycles. The molecule has 0 bridgehead atoms. The summed E-state index contributed by atoms with van der Waals surface area (Å²) in [6, 6.07) is 15.5. The molecule has 1 saturated carbocycles. The van der Waals surface area contributed by atoms with Gasteiger partial charge in [-0.25, -0.2) is 9.59 Å². The van der Waals surface area contributed by atoms with Crippen LogP contribution >= 0.6 is 0 Å². The van der Waals surface area contributed by atoms with Gasteiger partial charge in [-0.3, -0.25) is 0 Å². The number of benzene rings is 2. The highest BCUT2D eigenvalue weighted by atomic mass is 16.5. The van der Waals surface area contributed by atoms with Gasteiger partial charge >= 0.3 is 11.9 Å². The fourth-order valence-electron chi connectivity index (χ4n) is 3.79. The second-order valence-corrected chi connectivity index (χ2v) is 7.85. The maximum absolute atomic E-state index is 12.4. The molecule has 4 nitrogen and oxygen atoms in total. The first-order valence-electron chi connectivity index (χ1n) is 10.7.